The Kier molecular flexibility index (Phi) is 9.27. The summed E-state index contributed by atoms with van der Waals surface area (Å²) in [5.74, 6) is 7.08. The van der Waals surface area contributed by atoms with E-state index in [0.717, 1.165) is 77.5 Å². The lowest BCUT2D eigenvalue weighted by Gasteiger charge is -2.13. The van der Waals surface area contributed by atoms with Crippen molar-refractivity contribution in [2.45, 2.75) is 38.5 Å². The fourth-order valence-electron chi connectivity index (χ4n) is 7.21. The number of rotatable bonds is 5. The fourth-order valence-corrected chi connectivity index (χ4v) is 7.21. The molecule has 0 aliphatic carbocycles. The van der Waals surface area contributed by atoms with E-state index in [9.17, 15) is 4.79 Å². The van der Waals surface area contributed by atoms with Crippen LogP contribution in [0, 0.1) is 11.8 Å². The normalized spacial score (nSPS) is 14.1. The molecule has 8 rings (SSSR count). The second kappa shape index (κ2) is 14.4. The molecule has 3 aromatic carbocycles. The topological polar surface area (TPSA) is 92.9 Å². The number of allylic oxidation sites excluding steroid dienone is 1. The SMILES string of the molecule is COC(=O)c1ccc(-c2cc3cc4nc(c(OC)c5[nH]c(cc6nc(cc2[nH]3)=CC6(C)C)cc5/C=C(/C#Cc2ccccc2)c2ccccc2)=CC4(C)C)cc1. The molecule has 2 aliphatic rings. The van der Waals surface area contributed by atoms with Crippen molar-refractivity contribution < 1.29 is 14.3 Å². The van der Waals surface area contributed by atoms with E-state index in [4.69, 9.17) is 19.4 Å². The zero-order valence-electron chi connectivity index (χ0n) is 32.3. The molecule has 0 fully saturated rings. The summed E-state index contributed by atoms with van der Waals surface area (Å²) in [5, 5.41) is 1.57. The zero-order chi connectivity index (χ0) is 39.0. The van der Waals surface area contributed by atoms with Crippen molar-refractivity contribution in [3.8, 4) is 28.7 Å². The summed E-state index contributed by atoms with van der Waals surface area (Å²) in [5.41, 5.74) is 10.6. The summed E-state index contributed by atoms with van der Waals surface area (Å²) in [4.78, 5) is 29.9. The Morgan fingerprint density at radius 1 is 0.714 bits per heavy atom. The molecule has 0 unspecified atom stereocenters. The first-order chi connectivity index (χ1) is 27.0. The van der Waals surface area contributed by atoms with Crippen molar-refractivity contribution in [2.24, 2.45) is 0 Å². The molecule has 276 valence electrons. The number of benzene rings is 3. The Bertz CT molecular complexity index is 2890. The van der Waals surface area contributed by atoms with E-state index >= 15 is 0 Å². The third kappa shape index (κ3) is 7.17. The molecule has 2 aliphatic heterocycles. The van der Waals surface area contributed by atoms with Crippen molar-refractivity contribution in [2.75, 3.05) is 14.2 Å². The molecule has 8 bridgehead atoms. The maximum atomic E-state index is 12.2. The molecule has 7 heteroatoms. The van der Waals surface area contributed by atoms with Gasteiger partial charge in [0.05, 0.1) is 42.0 Å². The minimum atomic E-state index is -0.408. The summed E-state index contributed by atoms with van der Waals surface area (Å²) >= 11 is 0. The molecule has 0 amide bonds. The van der Waals surface area contributed by atoms with E-state index in [2.05, 4.69) is 110 Å². The predicted octanol–water partition coefficient (Wildman–Crippen LogP) is 8.89. The maximum absolute atomic E-state index is 12.2. The standard InChI is InChI=1S/C49H42N4O3/c1-48(2)29-39-26-41-40(33-19-21-34(22-20-33)47(54)56-6)25-38(50-41)28-44-49(3,4)30-42(53-44)46(55-5)45-36(24-37(52-45)27-43(48)51-39)23-35(32-15-11-8-12-16-32)18-17-31-13-9-7-10-14-31/h7-16,19-30,50,52H,1-6H3/b35-23-,37-27?,38-28?,41-26?,46-45?. The fraction of sp³-hybridized carbons (Fsp3) is 0.163. The van der Waals surface area contributed by atoms with Gasteiger partial charge in [0.15, 0.2) is 5.75 Å². The van der Waals surface area contributed by atoms with Crippen molar-refractivity contribution in [1.82, 2.24) is 19.9 Å². The van der Waals surface area contributed by atoms with Gasteiger partial charge in [0.25, 0.3) is 0 Å². The van der Waals surface area contributed by atoms with E-state index in [1.807, 2.05) is 60.7 Å². The van der Waals surface area contributed by atoms with Crippen molar-refractivity contribution in [3.63, 3.8) is 0 Å². The number of nitrogens with zero attached hydrogens (tertiary/aromatic N) is 2. The molecule has 0 saturated heterocycles. The maximum Gasteiger partial charge on any atom is 0.337 e. The Balaban J connectivity index is 1.42. The van der Waals surface area contributed by atoms with Crippen LogP contribution in [-0.4, -0.2) is 40.1 Å². The van der Waals surface area contributed by atoms with Gasteiger partial charge in [0.2, 0.25) is 0 Å². The average molecular weight is 735 g/mol. The molecule has 3 aromatic heterocycles. The number of hydrogen-bond donors (Lipinski definition) is 2. The van der Waals surface area contributed by atoms with E-state index in [1.165, 1.54) is 7.11 Å². The van der Waals surface area contributed by atoms with Crippen LogP contribution >= 0.6 is 0 Å². The third-order valence-corrected chi connectivity index (χ3v) is 10.2. The van der Waals surface area contributed by atoms with Crippen LogP contribution in [0.3, 0.4) is 0 Å². The van der Waals surface area contributed by atoms with Crippen LogP contribution in [-0.2, 0) is 15.6 Å². The molecule has 0 saturated carbocycles. The molecule has 2 N–H and O–H groups in total. The van der Waals surface area contributed by atoms with Crippen molar-refractivity contribution in [1.29, 1.82) is 0 Å². The molecule has 0 spiro atoms. The lowest BCUT2D eigenvalue weighted by Crippen LogP contribution is -2.10. The zero-order valence-corrected chi connectivity index (χ0v) is 32.3. The number of ether oxygens (including phenoxy) is 2. The average Bonchev–Trinajstić information content (AvgIpc) is 3.93. The number of hydrogen-bond acceptors (Lipinski definition) is 5. The minimum Gasteiger partial charge on any atom is -0.492 e. The highest BCUT2D eigenvalue weighted by atomic mass is 16.5. The third-order valence-electron chi connectivity index (χ3n) is 10.2. The number of aromatic nitrogens is 4. The molecule has 0 radical (unpaired) electrons. The summed E-state index contributed by atoms with van der Waals surface area (Å²) in [7, 11) is 3.08. The monoisotopic (exact) mass is 734 g/mol. The quantitative estimate of drug-likeness (QED) is 0.136. The van der Waals surface area contributed by atoms with Gasteiger partial charge >= 0.3 is 5.97 Å². The van der Waals surface area contributed by atoms with Gasteiger partial charge in [-0.05, 0) is 84.0 Å². The largest absolute Gasteiger partial charge is 0.492 e. The number of nitrogens with one attached hydrogen (secondary N) is 2. The molecule has 7 nitrogen and oxygen atoms in total. The number of methoxy groups -OCH3 is 2. The highest BCUT2D eigenvalue weighted by Crippen LogP contribution is 2.33. The van der Waals surface area contributed by atoms with Crippen molar-refractivity contribution >= 4 is 51.8 Å². The Morgan fingerprint density at radius 2 is 1.38 bits per heavy atom. The summed E-state index contributed by atoms with van der Waals surface area (Å²) in [6, 6.07) is 38.2. The second-order valence-electron chi connectivity index (χ2n) is 15.2. The number of H-pyrrole nitrogens is 2. The highest BCUT2D eigenvalue weighted by Gasteiger charge is 2.26. The lowest BCUT2D eigenvalue weighted by atomic mass is 9.90. The molecule has 0 atom stereocenters. The number of esters is 1. The Hall–Kier alpha value is -6.91. The number of aromatic amines is 2. The predicted molar refractivity (Wildman–Crippen MR) is 226 cm³/mol. The summed E-state index contributed by atoms with van der Waals surface area (Å²) < 4.78 is 11.2. The van der Waals surface area contributed by atoms with Crippen molar-refractivity contribution in [3.05, 3.63) is 160 Å². The van der Waals surface area contributed by atoms with Gasteiger partial charge in [0.1, 0.15) is 5.35 Å². The van der Waals surface area contributed by atoms with E-state index < -0.39 is 5.41 Å². The minimum absolute atomic E-state index is 0.355. The van der Waals surface area contributed by atoms with E-state index in [1.54, 1.807) is 19.2 Å². The van der Waals surface area contributed by atoms with Gasteiger partial charge < -0.3 is 19.4 Å². The van der Waals surface area contributed by atoms with Gasteiger partial charge in [-0.2, -0.15) is 0 Å². The van der Waals surface area contributed by atoms with Gasteiger partial charge in [-0.3, -0.25) is 4.98 Å². The van der Waals surface area contributed by atoms with Gasteiger partial charge in [-0.1, -0.05) is 100 Å². The number of carbonyl (C=O) groups excluding carboxylic acids is 1. The van der Waals surface area contributed by atoms with Gasteiger partial charge in [-0.15, -0.1) is 0 Å². The van der Waals surface area contributed by atoms with E-state index in [-0.39, 0.29) is 11.4 Å². The first kappa shape index (κ1) is 36.1. The van der Waals surface area contributed by atoms with Crippen LogP contribution in [0.1, 0.15) is 66.1 Å². The first-order valence-corrected chi connectivity index (χ1v) is 18.6. The first-order valence-electron chi connectivity index (χ1n) is 18.6. The summed E-state index contributed by atoms with van der Waals surface area (Å²) in [6.45, 7) is 8.65. The van der Waals surface area contributed by atoms with E-state index in [0.29, 0.717) is 11.3 Å². The van der Waals surface area contributed by atoms with Gasteiger partial charge in [-0.25, -0.2) is 9.78 Å². The van der Waals surface area contributed by atoms with Crippen LogP contribution in [0.15, 0.2) is 115 Å². The molecule has 56 heavy (non-hydrogen) atoms. The molecular formula is C49H42N4O3. The second-order valence-corrected chi connectivity index (χ2v) is 15.2. The number of carbonyl (C=O) groups is 1. The van der Waals surface area contributed by atoms with Gasteiger partial charge in [0, 0.05) is 49.6 Å². The van der Waals surface area contributed by atoms with Crippen LogP contribution in [0.2, 0.25) is 0 Å². The van der Waals surface area contributed by atoms with Crippen LogP contribution in [0.4, 0.5) is 0 Å². The Morgan fingerprint density at radius 3 is 2.07 bits per heavy atom. The number of fused-ring (bicyclic) bond motifs is 8. The smallest absolute Gasteiger partial charge is 0.337 e. The molecule has 6 aromatic rings. The van der Waals surface area contributed by atoms with Crippen LogP contribution in [0.5, 0.6) is 5.75 Å². The lowest BCUT2D eigenvalue weighted by molar-refractivity contribution is 0.0600. The van der Waals surface area contributed by atoms with Crippen LogP contribution in [0.25, 0.3) is 57.0 Å². The molecular weight excluding hydrogens is 693 g/mol. The van der Waals surface area contributed by atoms with Crippen LogP contribution < -0.4 is 15.4 Å². The Labute approximate surface area is 326 Å². The summed E-state index contributed by atoms with van der Waals surface area (Å²) in [6.07, 6.45) is 6.47. The molecule has 5 heterocycles. The highest BCUT2D eigenvalue weighted by molar-refractivity contribution is 5.96.